The lowest BCUT2D eigenvalue weighted by atomic mass is 10.00. The van der Waals surface area contributed by atoms with Crippen LogP contribution in [0.15, 0.2) is 24.3 Å². The van der Waals surface area contributed by atoms with Crippen molar-refractivity contribution in [2.24, 2.45) is 0 Å². The molecule has 0 radical (unpaired) electrons. The molecule has 22 heavy (non-hydrogen) atoms. The van der Waals surface area contributed by atoms with Crippen LogP contribution in [0, 0.1) is 0 Å². The Morgan fingerprint density at radius 3 is 2.32 bits per heavy atom. The second-order valence-electron chi connectivity index (χ2n) is 6.07. The first-order valence-corrected chi connectivity index (χ1v) is 7.45. The highest BCUT2D eigenvalue weighted by molar-refractivity contribution is 5.77. The molecule has 5 heteroatoms. The van der Waals surface area contributed by atoms with Crippen molar-refractivity contribution in [1.29, 1.82) is 0 Å². The van der Waals surface area contributed by atoms with Crippen molar-refractivity contribution in [2.75, 3.05) is 6.61 Å². The summed E-state index contributed by atoms with van der Waals surface area (Å²) in [5.41, 5.74) is 1.31. The summed E-state index contributed by atoms with van der Waals surface area (Å²) in [7, 11) is 0. The van der Waals surface area contributed by atoms with E-state index in [1.54, 1.807) is 6.92 Å². The average Bonchev–Trinajstić information content (AvgIpc) is 2.43. The molecular formula is C17H27NO4. The Labute approximate surface area is 133 Å². The fraction of sp³-hybridized carbons (Fsp3) is 0.529. The van der Waals surface area contributed by atoms with Crippen molar-refractivity contribution >= 4 is 12.1 Å². The van der Waals surface area contributed by atoms with E-state index < -0.39 is 11.7 Å². The van der Waals surface area contributed by atoms with E-state index in [0.717, 1.165) is 11.1 Å². The predicted octanol–water partition coefficient (Wildman–Crippen LogP) is 3.62. The molecule has 0 fully saturated rings. The molecule has 0 aliphatic carbocycles. The normalized spacial score (nSPS) is 12.4. The van der Waals surface area contributed by atoms with Crippen molar-refractivity contribution in [3.05, 3.63) is 35.4 Å². The number of rotatable bonds is 5. The van der Waals surface area contributed by atoms with E-state index in [1.807, 2.05) is 52.0 Å². The number of carbonyl (C=O) groups excluding carboxylic acids is 2. The van der Waals surface area contributed by atoms with Crippen molar-refractivity contribution < 1.29 is 20.5 Å². The monoisotopic (exact) mass is 309 g/mol. The summed E-state index contributed by atoms with van der Waals surface area (Å²) in [6.45, 7) is 9.81. The molecule has 1 atom stereocenters. The van der Waals surface area contributed by atoms with Gasteiger partial charge in [-0.2, -0.15) is 0 Å². The van der Waals surface area contributed by atoms with Crippen LogP contribution in [-0.4, -0.2) is 24.3 Å². The molecule has 1 unspecified atom stereocenters. The van der Waals surface area contributed by atoms with E-state index in [-0.39, 0.29) is 13.3 Å². The zero-order valence-corrected chi connectivity index (χ0v) is 13.9. The van der Waals surface area contributed by atoms with Gasteiger partial charge in [0.2, 0.25) is 0 Å². The molecule has 0 aliphatic rings. The van der Waals surface area contributed by atoms with Gasteiger partial charge in [0.15, 0.2) is 0 Å². The van der Waals surface area contributed by atoms with Crippen LogP contribution in [0.2, 0.25) is 0 Å². The lowest BCUT2D eigenvalue weighted by Crippen LogP contribution is -2.32. The lowest BCUT2D eigenvalue weighted by molar-refractivity contribution is -0.144. The third-order valence-electron chi connectivity index (χ3n) is 2.96. The molecule has 1 N–H and O–H groups in total. The number of hydrogen-bond donors (Lipinski definition) is 1. The Hall–Kier alpha value is -2.04. The van der Waals surface area contributed by atoms with Crippen LogP contribution >= 0.6 is 0 Å². The summed E-state index contributed by atoms with van der Waals surface area (Å²) in [6, 6.07) is 7.49. The van der Waals surface area contributed by atoms with E-state index in [2.05, 4.69) is 5.32 Å². The van der Waals surface area contributed by atoms with Gasteiger partial charge in [-0.1, -0.05) is 24.3 Å². The van der Waals surface area contributed by atoms with Gasteiger partial charge in [-0.3, -0.25) is 4.79 Å². The van der Waals surface area contributed by atoms with Gasteiger partial charge in [-0.05, 0) is 45.7 Å². The van der Waals surface area contributed by atoms with Crippen molar-refractivity contribution in [3.8, 4) is 0 Å². The van der Waals surface area contributed by atoms with Crippen LogP contribution in [0.5, 0.6) is 0 Å². The number of hydrogen-bond acceptors (Lipinski definition) is 4. The molecule has 1 rings (SSSR count). The fourth-order valence-electron chi connectivity index (χ4n) is 1.82. The maximum Gasteiger partial charge on any atom is 0.407 e. The highest BCUT2D eigenvalue weighted by Crippen LogP contribution is 2.17. The van der Waals surface area contributed by atoms with Gasteiger partial charge in [0.1, 0.15) is 5.60 Å². The maximum absolute atomic E-state index is 11.7. The first kappa shape index (κ1) is 18.0. The summed E-state index contributed by atoms with van der Waals surface area (Å²) >= 11 is 0. The minimum atomic E-state index is -0.511. The average molecular weight is 309 g/mol. The molecule has 1 amide bonds. The van der Waals surface area contributed by atoms with E-state index in [4.69, 9.17) is 9.47 Å². The Bertz CT molecular complexity index is 508. The number of ether oxygens (including phenoxy) is 2. The number of nitrogens with one attached hydrogen (secondary N) is 1. The molecular weight excluding hydrogens is 282 g/mol. The van der Waals surface area contributed by atoms with Gasteiger partial charge in [-0.25, -0.2) is 4.79 Å². The van der Waals surface area contributed by atoms with Gasteiger partial charge >= 0.3 is 12.1 Å². The Morgan fingerprint density at radius 2 is 1.82 bits per heavy atom. The van der Waals surface area contributed by atoms with Gasteiger partial charge < -0.3 is 14.8 Å². The van der Waals surface area contributed by atoms with Crippen LogP contribution in [-0.2, 0) is 20.8 Å². The molecule has 5 nitrogen and oxygen atoms in total. The number of alkyl carbamates (subject to hydrolysis) is 1. The molecule has 0 spiro atoms. The fourth-order valence-corrected chi connectivity index (χ4v) is 1.82. The molecule has 0 bridgehead atoms. The maximum atomic E-state index is 11.7. The minimum absolute atomic E-state index is 0. The van der Waals surface area contributed by atoms with Crippen LogP contribution in [0.3, 0.4) is 0 Å². The molecule has 0 saturated carbocycles. The first-order valence-electron chi connectivity index (χ1n) is 7.45. The zero-order valence-electron chi connectivity index (χ0n) is 13.9. The number of amides is 1. The summed E-state index contributed by atoms with van der Waals surface area (Å²) in [6.07, 6.45) is -0.448. The second-order valence-corrected chi connectivity index (χ2v) is 6.07. The highest BCUT2D eigenvalue weighted by atomic mass is 16.6. The van der Waals surface area contributed by atoms with Gasteiger partial charge in [0.25, 0.3) is 0 Å². The highest BCUT2D eigenvalue weighted by Gasteiger charge is 2.17. The molecule has 0 saturated heterocycles. The van der Waals surface area contributed by atoms with E-state index in [0.29, 0.717) is 13.2 Å². The van der Waals surface area contributed by atoms with Crippen molar-refractivity contribution in [2.45, 2.75) is 52.7 Å². The predicted molar refractivity (Wildman–Crippen MR) is 86.7 cm³/mol. The lowest BCUT2D eigenvalue weighted by Gasteiger charge is -2.19. The molecule has 0 aromatic heterocycles. The minimum Gasteiger partial charge on any atom is -0.466 e. The van der Waals surface area contributed by atoms with Crippen molar-refractivity contribution in [1.82, 2.24) is 5.32 Å². The number of benzene rings is 1. The van der Waals surface area contributed by atoms with Crippen molar-refractivity contribution in [3.63, 3.8) is 0 Å². The Balaban J connectivity index is 0.00000484. The quantitative estimate of drug-likeness (QED) is 0.844. The zero-order chi connectivity index (χ0) is 16.8. The Kier molecular flexibility index (Phi) is 6.40. The third-order valence-corrected chi connectivity index (χ3v) is 2.96. The summed E-state index contributed by atoms with van der Waals surface area (Å²) < 4.78 is 10.2. The largest absolute Gasteiger partial charge is 0.466 e. The first-order chi connectivity index (χ1) is 10.2. The van der Waals surface area contributed by atoms with Crippen LogP contribution < -0.4 is 5.32 Å². The Morgan fingerprint density at radius 1 is 1.23 bits per heavy atom. The van der Waals surface area contributed by atoms with E-state index in [1.165, 1.54) is 0 Å². The van der Waals surface area contributed by atoms with Gasteiger partial charge in [0.05, 0.1) is 12.5 Å². The van der Waals surface area contributed by atoms with E-state index in [9.17, 15) is 9.59 Å². The molecule has 0 aliphatic heterocycles. The summed E-state index contributed by atoms with van der Waals surface area (Å²) in [5.74, 6) is -0.532. The number of esters is 1. The smallest absolute Gasteiger partial charge is 0.407 e. The van der Waals surface area contributed by atoms with Crippen LogP contribution in [0.1, 0.15) is 53.1 Å². The molecule has 124 valence electrons. The van der Waals surface area contributed by atoms with Gasteiger partial charge in [-0.15, -0.1) is 0 Å². The summed E-state index contributed by atoms with van der Waals surface area (Å²) in [5, 5.41) is 2.69. The number of carbonyl (C=O) groups is 2. The SMILES string of the molecule is CCOC(=O)C(C)c1ccc(CNC(=O)OC(C)(C)C)cc1.[HH]. The van der Waals surface area contributed by atoms with Crippen LogP contribution in [0.25, 0.3) is 0 Å². The second kappa shape index (κ2) is 7.82. The molecule has 1 aromatic carbocycles. The molecule has 1 aromatic rings. The van der Waals surface area contributed by atoms with E-state index >= 15 is 0 Å². The summed E-state index contributed by atoms with van der Waals surface area (Å²) in [4.78, 5) is 23.3. The van der Waals surface area contributed by atoms with Gasteiger partial charge in [0, 0.05) is 7.97 Å². The van der Waals surface area contributed by atoms with Crippen LogP contribution in [0.4, 0.5) is 4.79 Å². The molecule has 0 heterocycles. The topological polar surface area (TPSA) is 64.6 Å². The standard InChI is InChI=1S/C17H25NO4.H2/c1-6-21-15(19)12(2)14-9-7-13(8-10-14)11-18-16(20)22-17(3,4)5;/h7-10,12H,6,11H2,1-5H3,(H,18,20);1H. The third kappa shape index (κ3) is 6.16.